The van der Waals surface area contributed by atoms with Crippen molar-refractivity contribution < 1.29 is 14.1 Å². The van der Waals surface area contributed by atoms with E-state index < -0.39 is 10.7 Å². The monoisotopic (exact) mass is 369 g/mol. The maximum absolute atomic E-state index is 12.5. The Morgan fingerprint density at radius 3 is 2.59 bits per heavy atom. The van der Waals surface area contributed by atoms with Gasteiger partial charge in [-0.1, -0.05) is 36.8 Å². The van der Waals surface area contributed by atoms with Crippen molar-refractivity contribution >= 4 is 22.7 Å². The highest BCUT2D eigenvalue weighted by atomic mass is 16.6. The van der Waals surface area contributed by atoms with Crippen LogP contribution in [-0.4, -0.2) is 15.4 Å². The van der Waals surface area contributed by atoms with E-state index in [-0.39, 0.29) is 29.8 Å². The summed E-state index contributed by atoms with van der Waals surface area (Å²) in [6.45, 7) is 3.72. The van der Waals surface area contributed by atoms with Crippen LogP contribution >= 0.6 is 0 Å². The fourth-order valence-electron chi connectivity index (χ4n) is 2.92. The Morgan fingerprint density at radius 2 is 1.96 bits per heavy atom. The normalized spacial score (nSPS) is 12.1. The molecule has 8 heteroatoms. The molecule has 1 atom stereocenters. The number of non-ortho nitro benzene ring substituents is 1. The Kier molecular flexibility index (Phi) is 5.07. The Labute approximate surface area is 154 Å². The molecule has 0 unspecified atom stereocenters. The van der Waals surface area contributed by atoms with Crippen molar-refractivity contribution in [1.29, 1.82) is 0 Å². The molecule has 0 radical (unpaired) electrons. The number of hydrogen-bond donors (Lipinski definition) is 1. The molecule has 1 N–H and O–H groups in total. The van der Waals surface area contributed by atoms with E-state index in [0.717, 1.165) is 15.7 Å². The van der Waals surface area contributed by atoms with Crippen LogP contribution in [0, 0.1) is 17.0 Å². The maximum atomic E-state index is 12.5. The minimum absolute atomic E-state index is 0.0765. The van der Waals surface area contributed by atoms with E-state index in [9.17, 15) is 19.7 Å². The van der Waals surface area contributed by atoms with Crippen LogP contribution in [0.15, 0.2) is 51.7 Å². The average Bonchev–Trinajstić information content (AvgIpc) is 2.95. The van der Waals surface area contributed by atoms with Gasteiger partial charge in [-0.25, -0.2) is 4.79 Å². The van der Waals surface area contributed by atoms with Gasteiger partial charge in [0.25, 0.3) is 5.69 Å². The van der Waals surface area contributed by atoms with Crippen LogP contribution in [0.25, 0.3) is 11.1 Å². The number of amides is 1. The lowest BCUT2D eigenvalue weighted by molar-refractivity contribution is -0.384. The molecule has 8 nitrogen and oxygen atoms in total. The number of benzene rings is 2. The molecule has 0 saturated carbocycles. The standard InChI is InChI=1S/C19H19N3O5/c1-3-15(13-6-4-12(2)5-7-13)20-18(23)11-21-16-9-8-14(22(25)26)10-17(16)27-19(21)24/h4-10,15H,3,11H2,1-2H3,(H,20,23)/t15-/m1/s1. The third kappa shape index (κ3) is 3.89. The van der Waals surface area contributed by atoms with Crippen molar-refractivity contribution in [3.8, 4) is 0 Å². The zero-order valence-electron chi connectivity index (χ0n) is 15.0. The second-order valence-electron chi connectivity index (χ2n) is 6.30. The van der Waals surface area contributed by atoms with Gasteiger partial charge in [-0.3, -0.25) is 19.5 Å². The summed E-state index contributed by atoms with van der Waals surface area (Å²) in [7, 11) is 0. The Balaban J connectivity index is 1.81. The predicted octanol–water partition coefficient (Wildman–Crippen LogP) is 3.08. The fourth-order valence-corrected chi connectivity index (χ4v) is 2.92. The van der Waals surface area contributed by atoms with Gasteiger partial charge < -0.3 is 9.73 Å². The summed E-state index contributed by atoms with van der Waals surface area (Å²) in [4.78, 5) is 34.8. The smallest absolute Gasteiger partial charge is 0.407 e. The molecular formula is C19H19N3O5. The van der Waals surface area contributed by atoms with Gasteiger partial charge in [0.1, 0.15) is 6.54 Å². The first-order valence-corrected chi connectivity index (χ1v) is 8.52. The molecule has 0 aliphatic heterocycles. The lowest BCUT2D eigenvalue weighted by atomic mass is 10.0. The molecule has 0 spiro atoms. The van der Waals surface area contributed by atoms with Crippen LogP contribution in [0.5, 0.6) is 0 Å². The van der Waals surface area contributed by atoms with Crippen LogP contribution in [-0.2, 0) is 11.3 Å². The van der Waals surface area contributed by atoms with E-state index in [1.54, 1.807) is 0 Å². The van der Waals surface area contributed by atoms with Gasteiger partial charge in [-0.05, 0) is 25.0 Å². The first-order chi connectivity index (χ1) is 12.9. The number of carbonyl (C=O) groups excluding carboxylic acids is 1. The molecule has 1 aromatic heterocycles. The van der Waals surface area contributed by atoms with E-state index in [4.69, 9.17) is 4.42 Å². The van der Waals surface area contributed by atoms with E-state index in [0.29, 0.717) is 11.9 Å². The highest BCUT2D eigenvalue weighted by Crippen LogP contribution is 2.20. The third-order valence-electron chi connectivity index (χ3n) is 4.39. The van der Waals surface area contributed by atoms with Gasteiger partial charge >= 0.3 is 5.76 Å². The Bertz CT molecular complexity index is 1050. The third-order valence-corrected chi connectivity index (χ3v) is 4.39. The van der Waals surface area contributed by atoms with E-state index in [2.05, 4.69) is 5.32 Å². The molecule has 0 fully saturated rings. The zero-order chi connectivity index (χ0) is 19.6. The largest absolute Gasteiger partial charge is 0.420 e. The maximum Gasteiger partial charge on any atom is 0.420 e. The van der Waals surface area contributed by atoms with Gasteiger partial charge in [-0.2, -0.15) is 0 Å². The number of carbonyl (C=O) groups is 1. The number of rotatable bonds is 6. The van der Waals surface area contributed by atoms with Crippen LogP contribution < -0.4 is 11.1 Å². The average molecular weight is 369 g/mol. The van der Waals surface area contributed by atoms with Crippen LogP contribution in [0.2, 0.25) is 0 Å². The predicted molar refractivity (Wildman–Crippen MR) is 99.5 cm³/mol. The number of nitrogens with zero attached hydrogens (tertiary/aromatic N) is 2. The number of aromatic nitrogens is 1. The number of nitro benzene ring substituents is 1. The first-order valence-electron chi connectivity index (χ1n) is 8.52. The molecule has 0 aliphatic rings. The van der Waals surface area contributed by atoms with Crippen LogP contribution in [0.1, 0.15) is 30.5 Å². The van der Waals surface area contributed by atoms with Crippen molar-refractivity contribution in [3.63, 3.8) is 0 Å². The number of fused-ring (bicyclic) bond motifs is 1. The summed E-state index contributed by atoms with van der Waals surface area (Å²) in [6, 6.07) is 11.6. The van der Waals surface area contributed by atoms with Crippen molar-refractivity contribution in [3.05, 3.63) is 74.3 Å². The number of aryl methyl sites for hydroxylation is 1. The van der Waals surface area contributed by atoms with Crippen molar-refractivity contribution in [2.24, 2.45) is 0 Å². The van der Waals surface area contributed by atoms with Gasteiger partial charge in [-0.15, -0.1) is 0 Å². The molecule has 0 aliphatic carbocycles. The van der Waals surface area contributed by atoms with Gasteiger partial charge in [0.15, 0.2) is 5.58 Å². The Morgan fingerprint density at radius 1 is 1.26 bits per heavy atom. The first kappa shape index (κ1) is 18.4. The van der Waals surface area contributed by atoms with E-state index >= 15 is 0 Å². The van der Waals surface area contributed by atoms with Crippen molar-refractivity contribution in [2.45, 2.75) is 32.9 Å². The fraction of sp³-hybridized carbons (Fsp3) is 0.263. The summed E-state index contributed by atoms with van der Waals surface area (Å²) < 4.78 is 6.21. The van der Waals surface area contributed by atoms with Crippen molar-refractivity contribution in [2.75, 3.05) is 0 Å². The summed E-state index contributed by atoms with van der Waals surface area (Å²) in [5.41, 5.74) is 2.34. The Hall–Kier alpha value is -3.42. The number of nitro groups is 1. The van der Waals surface area contributed by atoms with E-state index in [1.807, 2.05) is 38.1 Å². The molecule has 3 rings (SSSR count). The summed E-state index contributed by atoms with van der Waals surface area (Å²) in [6.07, 6.45) is 0.696. The molecule has 2 aromatic carbocycles. The molecule has 27 heavy (non-hydrogen) atoms. The summed E-state index contributed by atoms with van der Waals surface area (Å²) in [5.74, 6) is -1.07. The quantitative estimate of drug-likeness (QED) is 0.531. The molecule has 1 amide bonds. The minimum Gasteiger partial charge on any atom is -0.407 e. The second kappa shape index (κ2) is 7.45. The number of nitrogens with one attached hydrogen (secondary N) is 1. The summed E-state index contributed by atoms with van der Waals surface area (Å²) in [5, 5.41) is 13.8. The molecule has 0 bridgehead atoms. The highest BCUT2D eigenvalue weighted by Gasteiger charge is 2.18. The second-order valence-corrected chi connectivity index (χ2v) is 6.30. The number of oxazole rings is 1. The lowest BCUT2D eigenvalue weighted by Crippen LogP contribution is -2.33. The number of hydrogen-bond acceptors (Lipinski definition) is 5. The van der Waals surface area contributed by atoms with Crippen LogP contribution in [0.4, 0.5) is 5.69 Å². The minimum atomic E-state index is -0.732. The lowest BCUT2D eigenvalue weighted by Gasteiger charge is -2.17. The zero-order valence-corrected chi connectivity index (χ0v) is 15.0. The summed E-state index contributed by atoms with van der Waals surface area (Å²) >= 11 is 0. The SMILES string of the molecule is CC[C@@H](NC(=O)Cn1c(=O)oc2cc([N+](=O)[O-])ccc21)c1ccc(C)cc1. The molecular weight excluding hydrogens is 350 g/mol. The molecule has 0 saturated heterocycles. The van der Waals surface area contributed by atoms with Crippen molar-refractivity contribution in [1.82, 2.24) is 9.88 Å². The molecule has 3 aromatic rings. The molecule has 1 heterocycles. The van der Waals surface area contributed by atoms with E-state index in [1.165, 1.54) is 18.2 Å². The molecule has 140 valence electrons. The van der Waals surface area contributed by atoms with Gasteiger partial charge in [0, 0.05) is 6.07 Å². The highest BCUT2D eigenvalue weighted by molar-refractivity contribution is 5.80. The van der Waals surface area contributed by atoms with Gasteiger partial charge in [0.2, 0.25) is 5.91 Å². The topological polar surface area (TPSA) is 107 Å². The van der Waals surface area contributed by atoms with Crippen LogP contribution in [0.3, 0.4) is 0 Å². The van der Waals surface area contributed by atoms with Gasteiger partial charge in [0.05, 0.1) is 22.5 Å².